The lowest BCUT2D eigenvalue weighted by atomic mass is 9.58. The molecule has 0 unspecified atom stereocenters. The van der Waals surface area contributed by atoms with Crippen LogP contribution in [0.15, 0.2) is 53.1 Å². The van der Waals surface area contributed by atoms with Crippen molar-refractivity contribution in [2.75, 3.05) is 7.11 Å². The number of phenolic OH excluding ortho intramolecular Hbond substituents is 1. The van der Waals surface area contributed by atoms with Gasteiger partial charge in [0.1, 0.15) is 5.75 Å². The number of phenols is 1. The van der Waals surface area contributed by atoms with Gasteiger partial charge in [-0.1, -0.05) is 60.9 Å². The summed E-state index contributed by atoms with van der Waals surface area (Å²) in [6.07, 6.45) is 4.58. The van der Waals surface area contributed by atoms with Gasteiger partial charge >= 0.3 is 13.2 Å². The van der Waals surface area contributed by atoms with Crippen molar-refractivity contribution in [3.63, 3.8) is 0 Å². The number of likely N-dealkylation sites (tertiary alicyclic amines) is 1. The first-order chi connectivity index (χ1) is 18.7. The summed E-state index contributed by atoms with van der Waals surface area (Å²) in [5.41, 5.74) is 4.21. The van der Waals surface area contributed by atoms with E-state index in [1.54, 1.807) is 6.07 Å². The standard InChI is InChI=1S/C30H34BNO7/c1-4-7-18(15-19-11-12-24(33)21-9-6-5-8-20(19)21)10-13-25-26-17(2)14-22-27(23(26)16-31(37)39-25)29(35)32(28(22)34)30(36)38-3/h5-6,8-9,11-12,15,22-23,25,27,33,37H,4,7,10,13-14,16H2,1-3H3/b18-15+/t22-,23+,25-,27-/m1/s1. The maximum Gasteiger partial charge on any atom is 0.455 e. The Labute approximate surface area is 228 Å². The van der Waals surface area contributed by atoms with Gasteiger partial charge in [0.2, 0.25) is 11.8 Å². The fourth-order valence-electron chi connectivity index (χ4n) is 6.75. The quantitative estimate of drug-likeness (QED) is 0.303. The molecular weight excluding hydrogens is 497 g/mol. The van der Waals surface area contributed by atoms with Crippen molar-refractivity contribution in [1.82, 2.24) is 4.90 Å². The molecular formula is C30H34BNO7. The zero-order valence-electron chi connectivity index (χ0n) is 22.6. The molecule has 0 saturated carbocycles. The Hall–Kier alpha value is -3.43. The number of amides is 3. The van der Waals surface area contributed by atoms with E-state index < -0.39 is 43.0 Å². The third-order valence-electron chi connectivity index (χ3n) is 8.40. The lowest BCUT2D eigenvalue weighted by Gasteiger charge is -2.42. The zero-order valence-corrected chi connectivity index (χ0v) is 22.6. The number of ether oxygens (including phenoxy) is 1. The molecule has 3 amide bonds. The number of methoxy groups -OCH3 is 1. The number of aromatic hydroxyl groups is 1. The second kappa shape index (κ2) is 11.0. The molecule has 5 rings (SSSR count). The maximum atomic E-state index is 13.2. The number of benzene rings is 2. The number of fused-ring (bicyclic) bond motifs is 4. The average Bonchev–Trinajstić information content (AvgIpc) is 3.17. The van der Waals surface area contributed by atoms with Crippen molar-refractivity contribution in [1.29, 1.82) is 0 Å². The molecule has 0 aromatic heterocycles. The minimum absolute atomic E-state index is 0.204. The van der Waals surface area contributed by atoms with Crippen LogP contribution >= 0.6 is 0 Å². The van der Waals surface area contributed by atoms with Gasteiger partial charge in [0.05, 0.1) is 25.0 Å². The molecule has 2 aromatic rings. The molecule has 2 N–H and O–H groups in total. The van der Waals surface area contributed by atoms with E-state index in [-0.39, 0.29) is 18.0 Å². The topological polar surface area (TPSA) is 113 Å². The Morgan fingerprint density at radius 1 is 1.13 bits per heavy atom. The highest BCUT2D eigenvalue weighted by molar-refractivity contribution is 6.43. The normalized spacial score (nSPS) is 25.3. The predicted molar refractivity (Wildman–Crippen MR) is 147 cm³/mol. The molecule has 9 heteroatoms. The number of imide groups is 3. The van der Waals surface area contributed by atoms with Crippen LogP contribution in [0.4, 0.5) is 4.79 Å². The van der Waals surface area contributed by atoms with Gasteiger partial charge in [0, 0.05) is 5.39 Å². The van der Waals surface area contributed by atoms with Crippen molar-refractivity contribution < 1.29 is 33.9 Å². The largest absolute Gasteiger partial charge is 0.507 e. The van der Waals surface area contributed by atoms with Crippen molar-refractivity contribution in [2.24, 2.45) is 17.8 Å². The molecule has 0 radical (unpaired) electrons. The van der Waals surface area contributed by atoms with Gasteiger partial charge in [0.15, 0.2) is 0 Å². The summed E-state index contributed by atoms with van der Waals surface area (Å²) >= 11 is 0. The van der Waals surface area contributed by atoms with Crippen LogP contribution < -0.4 is 0 Å². The van der Waals surface area contributed by atoms with Crippen LogP contribution in [0, 0.1) is 17.8 Å². The number of rotatable bonds is 6. The molecule has 2 aromatic carbocycles. The predicted octanol–water partition coefficient (Wildman–Crippen LogP) is 5.09. The number of hydrogen-bond donors (Lipinski definition) is 2. The van der Waals surface area contributed by atoms with Gasteiger partial charge < -0.3 is 19.5 Å². The summed E-state index contributed by atoms with van der Waals surface area (Å²) in [7, 11) is 0.0844. The van der Waals surface area contributed by atoms with Crippen molar-refractivity contribution in [3.8, 4) is 5.75 Å². The molecule has 2 heterocycles. The fraction of sp³-hybridized carbons (Fsp3) is 0.433. The van der Waals surface area contributed by atoms with Crippen LogP contribution in [0.5, 0.6) is 5.75 Å². The fourth-order valence-corrected chi connectivity index (χ4v) is 6.75. The molecule has 0 bridgehead atoms. The van der Waals surface area contributed by atoms with Gasteiger partial charge in [-0.2, -0.15) is 4.90 Å². The molecule has 2 saturated heterocycles. The Kier molecular flexibility index (Phi) is 7.65. The number of nitrogens with zero attached hydrogens (tertiary/aromatic N) is 1. The van der Waals surface area contributed by atoms with Crippen LogP contribution in [0.1, 0.15) is 51.5 Å². The maximum absolute atomic E-state index is 13.2. The lowest BCUT2D eigenvalue weighted by Crippen LogP contribution is -2.46. The van der Waals surface area contributed by atoms with Crippen LogP contribution in [0.2, 0.25) is 6.32 Å². The molecule has 2 aliphatic heterocycles. The third-order valence-corrected chi connectivity index (χ3v) is 8.40. The van der Waals surface area contributed by atoms with E-state index in [2.05, 4.69) is 13.0 Å². The van der Waals surface area contributed by atoms with Crippen LogP contribution in [-0.4, -0.2) is 53.3 Å². The molecule has 4 atom stereocenters. The number of allylic oxidation sites excluding steroid dienone is 2. The van der Waals surface area contributed by atoms with Gasteiger partial charge in [0.25, 0.3) is 0 Å². The van der Waals surface area contributed by atoms with Crippen molar-refractivity contribution in [3.05, 3.63) is 58.7 Å². The summed E-state index contributed by atoms with van der Waals surface area (Å²) in [6.45, 7) is 4.08. The van der Waals surface area contributed by atoms with Crippen LogP contribution in [0.3, 0.4) is 0 Å². The van der Waals surface area contributed by atoms with E-state index in [9.17, 15) is 24.5 Å². The summed E-state index contributed by atoms with van der Waals surface area (Å²) < 4.78 is 10.7. The summed E-state index contributed by atoms with van der Waals surface area (Å²) in [5, 5.41) is 22.7. The molecule has 1 aliphatic carbocycles. The van der Waals surface area contributed by atoms with Gasteiger partial charge in [-0.25, -0.2) is 4.79 Å². The van der Waals surface area contributed by atoms with E-state index in [0.29, 0.717) is 17.7 Å². The first kappa shape index (κ1) is 27.2. The average molecular weight is 531 g/mol. The Morgan fingerprint density at radius 2 is 1.87 bits per heavy atom. The molecule has 204 valence electrons. The molecule has 39 heavy (non-hydrogen) atoms. The van der Waals surface area contributed by atoms with Gasteiger partial charge in [-0.3, -0.25) is 9.59 Å². The number of carbonyl (C=O) groups is 3. The Morgan fingerprint density at radius 3 is 2.59 bits per heavy atom. The number of hydrogen-bond acceptors (Lipinski definition) is 7. The van der Waals surface area contributed by atoms with E-state index in [0.717, 1.165) is 53.9 Å². The van der Waals surface area contributed by atoms with E-state index in [1.807, 2.05) is 37.3 Å². The minimum Gasteiger partial charge on any atom is -0.507 e. The van der Waals surface area contributed by atoms with Crippen LogP contribution in [-0.2, 0) is 19.0 Å². The summed E-state index contributed by atoms with van der Waals surface area (Å²) in [5.74, 6) is -2.53. The van der Waals surface area contributed by atoms with Gasteiger partial charge in [-0.05, 0) is 67.4 Å². The molecule has 3 aliphatic rings. The first-order valence-electron chi connectivity index (χ1n) is 13.6. The summed E-state index contributed by atoms with van der Waals surface area (Å²) in [6, 6.07) is 11.4. The third kappa shape index (κ3) is 4.89. The molecule has 0 spiro atoms. The van der Waals surface area contributed by atoms with E-state index in [1.165, 1.54) is 5.57 Å². The lowest BCUT2D eigenvalue weighted by molar-refractivity contribution is -0.137. The second-order valence-electron chi connectivity index (χ2n) is 10.8. The Balaban J connectivity index is 1.42. The van der Waals surface area contributed by atoms with E-state index >= 15 is 0 Å². The molecule has 8 nitrogen and oxygen atoms in total. The minimum atomic E-state index is -1.06. The highest BCUT2D eigenvalue weighted by Gasteiger charge is 2.58. The second-order valence-corrected chi connectivity index (χ2v) is 10.8. The van der Waals surface area contributed by atoms with Crippen LogP contribution in [0.25, 0.3) is 16.8 Å². The van der Waals surface area contributed by atoms with Gasteiger partial charge in [-0.15, -0.1) is 0 Å². The monoisotopic (exact) mass is 531 g/mol. The smallest absolute Gasteiger partial charge is 0.455 e. The highest BCUT2D eigenvalue weighted by Crippen LogP contribution is 2.50. The van der Waals surface area contributed by atoms with Crippen molar-refractivity contribution in [2.45, 2.75) is 58.4 Å². The Bertz CT molecular complexity index is 1380. The van der Waals surface area contributed by atoms with Crippen molar-refractivity contribution >= 4 is 41.9 Å². The summed E-state index contributed by atoms with van der Waals surface area (Å²) in [4.78, 5) is 39.0. The first-order valence-corrected chi connectivity index (χ1v) is 13.6. The SMILES string of the molecule is CCC/C(=C\c1ccc(O)c2ccccc12)CC[C@H]1OB(O)C[C@H]2C1=C(C)C[C@H]1C(=O)N(C(=O)OC)C(=O)[C@H]12. The van der Waals surface area contributed by atoms with E-state index in [4.69, 9.17) is 9.39 Å². The molecule has 2 fully saturated rings. The number of carbonyl (C=O) groups excluding carboxylic acids is 3. The zero-order chi connectivity index (χ0) is 27.8. The highest BCUT2D eigenvalue weighted by atomic mass is 16.5.